The van der Waals surface area contributed by atoms with Gasteiger partial charge in [-0.2, -0.15) is 0 Å². The standard InChI is InChI=1S/C16H19N3/c1-17-11-15-8-9-18-16(19-15)14-7-6-12-4-2-3-5-13(12)10-14/h2-5,8-9,14,17H,6-7,10-11H2,1H3. The molecule has 0 amide bonds. The highest BCUT2D eigenvalue weighted by atomic mass is 14.9. The molecule has 0 fully saturated rings. The van der Waals surface area contributed by atoms with Crippen LogP contribution in [-0.2, 0) is 19.4 Å². The Balaban J connectivity index is 1.82. The third-order valence-electron chi connectivity index (χ3n) is 3.80. The maximum absolute atomic E-state index is 4.69. The second-order valence-corrected chi connectivity index (χ2v) is 5.14. The first-order valence-electron chi connectivity index (χ1n) is 6.90. The van der Waals surface area contributed by atoms with E-state index in [9.17, 15) is 0 Å². The normalized spacial score (nSPS) is 18.1. The summed E-state index contributed by atoms with van der Waals surface area (Å²) in [5.74, 6) is 1.47. The van der Waals surface area contributed by atoms with E-state index >= 15 is 0 Å². The summed E-state index contributed by atoms with van der Waals surface area (Å²) in [7, 11) is 1.94. The topological polar surface area (TPSA) is 37.8 Å². The van der Waals surface area contributed by atoms with E-state index in [-0.39, 0.29) is 0 Å². The monoisotopic (exact) mass is 253 g/mol. The van der Waals surface area contributed by atoms with Crippen LogP contribution in [0.5, 0.6) is 0 Å². The summed E-state index contributed by atoms with van der Waals surface area (Å²) in [6.45, 7) is 0.804. The number of fused-ring (bicyclic) bond motifs is 1. The van der Waals surface area contributed by atoms with E-state index in [0.29, 0.717) is 5.92 Å². The molecule has 3 nitrogen and oxygen atoms in total. The van der Waals surface area contributed by atoms with Gasteiger partial charge in [0.2, 0.25) is 0 Å². The lowest BCUT2D eigenvalue weighted by Gasteiger charge is -2.23. The largest absolute Gasteiger partial charge is 0.314 e. The Morgan fingerprint density at radius 3 is 2.89 bits per heavy atom. The molecule has 1 unspecified atom stereocenters. The average Bonchev–Trinajstić information content (AvgIpc) is 2.47. The third kappa shape index (κ3) is 2.66. The van der Waals surface area contributed by atoms with Gasteiger partial charge in [0, 0.05) is 18.7 Å². The summed E-state index contributed by atoms with van der Waals surface area (Å²) < 4.78 is 0. The Kier molecular flexibility index (Phi) is 3.56. The summed E-state index contributed by atoms with van der Waals surface area (Å²) in [4.78, 5) is 9.16. The van der Waals surface area contributed by atoms with E-state index in [4.69, 9.17) is 0 Å². The van der Waals surface area contributed by atoms with Crippen molar-refractivity contribution in [2.45, 2.75) is 31.7 Å². The Morgan fingerprint density at radius 1 is 1.21 bits per heavy atom. The molecule has 0 bridgehead atoms. The Bertz CT molecular complexity index is 565. The van der Waals surface area contributed by atoms with Gasteiger partial charge in [-0.05, 0) is 43.5 Å². The molecule has 3 rings (SSSR count). The number of hydrogen-bond acceptors (Lipinski definition) is 3. The van der Waals surface area contributed by atoms with Crippen molar-refractivity contribution >= 4 is 0 Å². The molecule has 0 aliphatic heterocycles. The van der Waals surface area contributed by atoms with Gasteiger partial charge in [0.25, 0.3) is 0 Å². The smallest absolute Gasteiger partial charge is 0.132 e. The molecule has 1 aromatic carbocycles. The number of nitrogens with one attached hydrogen (secondary N) is 1. The summed E-state index contributed by atoms with van der Waals surface area (Å²) in [6.07, 6.45) is 5.25. The highest BCUT2D eigenvalue weighted by Gasteiger charge is 2.21. The quantitative estimate of drug-likeness (QED) is 0.913. The molecule has 1 aliphatic carbocycles. The fraction of sp³-hybridized carbons (Fsp3) is 0.375. The van der Waals surface area contributed by atoms with Crippen molar-refractivity contribution in [1.29, 1.82) is 0 Å². The SMILES string of the molecule is CNCc1ccnc(C2CCc3ccccc3C2)n1. The van der Waals surface area contributed by atoms with Gasteiger partial charge in [-0.25, -0.2) is 9.97 Å². The van der Waals surface area contributed by atoms with E-state index < -0.39 is 0 Å². The van der Waals surface area contributed by atoms with E-state index in [2.05, 4.69) is 39.6 Å². The van der Waals surface area contributed by atoms with Gasteiger partial charge in [-0.3, -0.25) is 0 Å². The minimum Gasteiger partial charge on any atom is -0.314 e. The fourth-order valence-corrected chi connectivity index (χ4v) is 2.81. The van der Waals surface area contributed by atoms with Crippen molar-refractivity contribution in [3.05, 3.63) is 59.2 Å². The second kappa shape index (κ2) is 5.49. The zero-order valence-corrected chi connectivity index (χ0v) is 11.3. The molecule has 1 heterocycles. The summed E-state index contributed by atoms with van der Waals surface area (Å²) >= 11 is 0. The van der Waals surface area contributed by atoms with Crippen LogP contribution in [-0.4, -0.2) is 17.0 Å². The highest BCUT2D eigenvalue weighted by Crippen LogP contribution is 2.30. The molecular weight excluding hydrogens is 234 g/mol. The molecule has 0 saturated carbocycles. The first kappa shape index (κ1) is 12.3. The van der Waals surface area contributed by atoms with Crippen LogP contribution in [0.2, 0.25) is 0 Å². The van der Waals surface area contributed by atoms with Gasteiger partial charge in [0.1, 0.15) is 5.82 Å². The molecule has 0 spiro atoms. The van der Waals surface area contributed by atoms with Gasteiger partial charge >= 0.3 is 0 Å². The predicted molar refractivity (Wildman–Crippen MR) is 76.0 cm³/mol. The Hall–Kier alpha value is -1.74. The maximum Gasteiger partial charge on any atom is 0.132 e. The van der Waals surface area contributed by atoms with Gasteiger partial charge in [-0.15, -0.1) is 0 Å². The number of rotatable bonds is 3. The number of benzene rings is 1. The number of aromatic nitrogens is 2. The third-order valence-corrected chi connectivity index (χ3v) is 3.80. The molecule has 2 aromatic rings. The van der Waals surface area contributed by atoms with Crippen LogP contribution in [0, 0.1) is 0 Å². The lowest BCUT2D eigenvalue weighted by Crippen LogP contribution is -2.16. The molecule has 0 radical (unpaired) electrons. The van der Waals surface area contributed by atoms with Gasteiger partial charge in [0.05, 0.1) is 5.69 Å². The van der Waals surface area contributed by atoms with E-state index in [1.165, 1.54) is 11.1 Å². The lowest BCUT2D eigenvalue weighted by molar-refractivity contribution is 0.550. The van der Waals surface area contributed by atoms with E-state index in [1.807, 2.05) is 19.3 Å². The molecule has 3 heteroatoms. The maximum atomic E-state index is 4.69. The van der Waals surface area contributed by atoms with Crippen LogP contribution in [0.3, 0.4) is 0 Å². The van der Waals surface area contributed by atoms with Crippen molar-refractivity contribution in [1.82, 2.24) is 15.3 Å². The van der Waals surface area contributed by atoms with E-state index in [1.54, 1.807) is 0 Å². The van der Waals surface area contributed by atoms with Gasteiger partial charge < -0.3 is 5.32 Å². The fourth-order valence-electron chi connectivity index (χ4n) is 2.81. The minimum absolute atomic E-state index is 0.465. The molecular formula is C16H19N3. The molecule has 0 saturated heterocycles. The Morgan fingerprint density at radius 2 is 2.05 bits per heavy atom. The molecule has 1 atom stereocenters. The van der Waals surface area contributed by atoms with Crippen LogP contribution in [0.4, 0.5) is 0 Å². The van der Waals surface area contributed by atoms with Crippen molar-refractivity contribution in [2.75, 3.05) is 7.05 Å². The molecule has 1 aliphatic rings. The second-order valence-electron chi connectivity index (χ2n) is 5.14. The summed E-state index contributed by atoms with van der Waals surface area (Å²) in [6, 6.07) is 10.7. The zero-order chi connectivity index (χ0) is 13.1. The molecule has 1 N–H and O–H groups in total. The van der Waals surface area contributed by atoms with Gasteiger partial charge in [0.15, 0.2) is 0 Å². The van der Waals surface area contributed by atoms with Crippen molar-refractivity contribution < 1.29 is 0 Å². The van der Waals surface area contributed by atoms with Crippen molar-refractivity contribution in [3.8, 4) is 0 Å². The summed E-state index contributed by atoms with van der Waals surface area (Å²) in [5, 5.41) is 3.14. The van der Waals surface area contributed by atoms with E-state index in [0.717, 1.165) is 37.3 Å². The van der Waals surface area contributed by atoms with Crippen molar-refractivity contribution in [3.63, 3.8) is 0 Å². The minimum atomic E-state index is 0.465. The molecule has 19 heavy (non-hydrogen) atoms. The number of hydrogen-bond donors (Lipinski definition) is 1. The molecule has 1 aromatic heterocycles. The number of aryl methyl sites for hydroxylation is 1. The average molecular weight is 253 g/mol. The predicted octanol–water partition coefficient (Wildman–Crippen LogP) is 2.47. The summed E-state index contributed by atoms with van der Waals surface area (Å²) in [5.41, 5.74) is 4.03. The highest BCUT2D eigenvalue weighted by molar-refractivity contribution is 5.31. The van der Waals surface area contributed by atoms with Gasteiger partial charge in [-0.1, -0.05) is 24.3 Å². The van der Waals surface area contributed by atoms with Crippen molar-refractivity contribution in [2.24, 2.45) is 0 Å². The van der Waals surface area contributed by atoms with Crippen LogP contribution in [0.15, 0.2) is 36.5 Å². The first-order chi connectivity index (χ1) is 9.36. The number of nitrogens with zero attached hydrogens (tertiary/aromatic N) is 2. The lowest BCUT2D eigenvalue weighted by atomic mass is 9.83. The zero-order valence-electron chi connectivity index (χ0n) is 11.3. The van der Waals surface area contributed by atoms with Crippen LogP contribution < -0.4 is 5.32 Å². The molecule has 98 valence electrons. The Labute approximate surface area is 114 Å². The van der Waals surface area contributed by atoms with Crippen LogP contribution in [0.1, 0.15) is 35.0 Å². The first-order valence-corrected chi connectivity index (χ1v) is 6.90. The van der Waals surface area contributed by atoms with Crippen LogP contribution in [0.25, 0.3) is 0 Å². The van der Waals surface area contributed by atoms with Crippen LogP contribution >= 0.6 is 0 Å².